The second kappa shape index (κ2) is 9.38. The lowest BCUT2D eigenvalue weighted by Crippen LogP contribution is -2.02. The molecule has 0 aliphatic rings. The number of carboxylic acid groups (broad SMARTS) is 1. The number of alkyl halides is 2. The summed E-state index contributed by atoms with van der Waals surface area (Å²) in [5.74, 6) is -2.31. The number of thioether (sulfide) groups is 1. The van der Waals surface area contributed by atoms with Crippen LogP contribution in [0.5, 0.6) is 0 Å². The van der Waals surface area contributed by atoms with Crippen molar-refractivity contribution in [1.29, 1.82) is 0 Å². The van der Waals surface area contributed by atoms with Crippen molar-refractivity contribution < 1.29 is 18.7 Å². The second-order valence-corrected chi connectivity index (χ2v) is 8.67. The predicted molar refractivity (Wildman–Crippen MR) is 106 cm³/mol. The zero-order valence-corrected chi connectivity index (χ0v) is 16.8. The highest BCUT2D eigenvalue weighted by molar-refractivity contribution is 7.99. The predicted octanol–water partition coefficient (Wildman–Crippen LogP) is 5.30. The third-order valence-corrected chi connectivity index (χ3v) is 6.04. The van der Waals surface area contributed by atoms with Gasteiger partial charge in [0.1, 0.15) is 5.82 Å². The number of aromatic carboxylic acids is 1. The summed E-state index contributed by atoms with van der Waals surface area (Å²) in [5, 5.41) is 10.1. The van der Waals surface area contributed by atoms with Crippen LogP contribution in [0, 0.1) is 5.92 Å². The van der Waals surface area contributed by atoms with Crippen LogP contribution in [0.4, 0.5) is 8.78 Å². The maximum Gasteiger partial charge on any atom is 0.335 e. The normalized spacial score (nSPS) is 12.6. The van der Waals surface area contributed by atoms with Crippen LogP contribution in [0.3, 0.4) is 0 Å². The summed E-state index contributed by atoms with van der Waals surface area (Å²) < 4.78 is 25.5. The van der Waals surface area contributed by atoms with Gasteiger partial charge in [0, 0.05) is 23.7 Å². The summed E-state index contributed by atoms with van der Waals surface area (Å²) in [4.78, 5) is 24.3. The summed E-state index contributed by atoms with van der Waals surface area (Å²) >= 11 is 1.97. The van der Waals surface area contributed by atoms with Gasteiger partial charge in [0.25, 0.3) is 5.76 Å². The molecule has 1 N–H and O–H groups in total. The highest BCUT2D eigenvalue weighted by Gasteiger charge is 2.11. The Morgan fingerprint density at radius 1 is 1.21 bits per heavy atom. The van der Waals surface area contributed by atoms with E-state index in [2.05, 4.69) is 21.9 Å². The molecule has 0 saturated heterocycles. The van der Waals surface area contributed by atoms with E-state index in [9.17, 15) is 13.6 Å². The van der Waals surface area contributed by atoms with E-state index in [1.54, 1.807) is 18.2 Å². The van der Waals surface area contributed by atoms with Crippen molar-refractivity contribution in [2.24, 2.45) is 5.92 Å². The van der Waals surface area contributed by atoms with Crippen molar-refractivity contribution in [3.63, 3.8) is 0 Å². The van der Waals surface area contributed by atoms with Crippen LogP contribution in [0.15, 0.2) is 35.5 Å². The lowest BCUT2D eigenvalue weighted by atomic mass is 10.00. The molecule has 3 aromatic rings. The standard InChI is InChI=1S/C19H19F2N3O2S2/c1-11(2-6-16-22-9-13(10-23-16)27-19(20)21)3-7-17-24-14-5-4-12(18(25)26)8-15(14)28-17/h4-5,8-11,19H,2-3,6-7H2,1H3,(H,25,26)/t11-/m0/s1. The maximum atomic E-state index is 12.3. The third-order valence-electron chi connectivity index (χ3n) is 4.30. The van der Waals surface area contributed by atoms with E-state index >= 15 is 0 Å². The molecule has 0 saturated carbocycles. The molecule has 5 nitrogen and oxygen atoms in total. The van der Waals surface area contributed by atoms with Crippen LogP contribution >= 0.6 is 23.1 Å². The van der Waals surface area contributed by atoms with E-state index in [4.69, 9.17) is 5.11 Å². The largest absolute Gasteiger partial charge is 0.478 e. The van der Waals surface area contributed by atoms with Gasteiger partial charge in [-0.1, -0.05) is 18.7 Å². The molecule has 0 unspecified atom stereocenters. The lowest BCUT2D eigenvalue weighted by Gasteiger charge is -2.09. The Bertz CT molecular complexity index is 948. The van der Waals surface area contributed by atoms with Gasteiger partial charge < -0.3 is 5.11 Å². The fourth-order valence-corrected chi connectivity index (χ4v) is 4.19. The zero-order valence-electron chi connectivity index (χ0n) is 15.1. The molecule has 1 aromatic carbocycles. The molecule has 28 heavy (non-hydrogen) atoms. The van der Waals surface area contributed by atoms with Crippen LogP contribution in [0.2, 0.25) is 0 Å². The van der Waals surface area contributed by atoms with Gasteiger partial charge in [-0.2, -0.15) is 8.78 Å². The van der Waals surface area contributed by atoms with E-state index < -0.39 is 11.7 Å². The topological polar surface area (TPSA) is 76.0 Å². The van der Waals surface area contributed by atoms with Gasteiger partial charge in [-0.05, 0) is 43.4 Å². The van der Waals surface area contributed by atoms with E-state index in [-0.39, 0.29) is 5.56 Å². The number of carboxylic acids is 1. The average Bonchev–Trinajstić information content (AvgIpc) is 3.07. The number of halogens is 2. The molecule has 0 bridgehead atoms. The number of carbonyl (C=O) groups is 1. The summed E-state index contributed by atoms with van der Waals surface area (Å²) in [5.41, 5.74) is 1.10. The molecule has 2 heterocycles. The van der Waals surface area contributed by atoms with E-state index in [1.165, 1.54) is 23.7 Å². The number of hydrogen-bond donors (Lipinski definition) is 1. The molecular weight excluding hydrogens is 404 g/mol. The summed E-state index contributed by atoms with van der Waals surface area (Å²) in [6.07, 6.45) is 6.25. The van der Waals surface area contributed by atoms with Gasteiger partial charge >= 0.3 is 5.97 Å². The van der Waals surface area contributed by atoms with Gasteiger partial charge in [0.05, 0.1) is 20.8 Å². The number of aryl methyl sites for hydroxylation is 2. The van der Waals surface area contributed by atoms with Crippen molar-refractivity contribution in [1.82, 2.24) is 15.0 Å². The molecule has 0 fully saturated rings. The molecule has 0 aliphatic heterocycles. The first-order valence-corrected chi connectivity index (χ1v) is 10.5. The molecule has 3 rings (SSSR count). The van der Waals surface area contributed by atoms with Crippen molar-refractivity contribution >= 4 is 39.3 Å². The minimum atomic E-state index is -2.47. The smallest absolute Gasteiger partial charge is 0.335 e. The Labute approximate surface area is 169 Å². The SMILES string of the molecule is C[C@@H](CCc1ncc(SC(F)F)cn1)CCc1nc2ccc(C(=O)O)cc2s1. The van der Waals surface area contributed by atoms with Crippen molar-refractivity contribution in [3.8, 4) is 0 Å². The number of nitrogens with zero attached hydrogens (tertiary/aromatic N) is 3. The number of benzene rings is 1. The highest BCUT2D eigenvalue weighted by Crippen LogP contribution is 2.26. The van der Waals surface area contributed by atoms with E-state index in [0.29, 0.717) is 34.8 Å². The van der Waals surface area contributed by atoms with Gasteiger partial charge in [0.2, 0.25) is 0 Å². The van der Waals surface area contributed by atoms with Crippen molar-refractivity contribution in [3.05, 3.63) is 47.0 Å². The third kappa shape index (κ3) is 5.68. The zero-order chi connectivity index (χ0) is 20.1. The molecule has 0 aliphatic carbocycles. The Morgan fingerprint density at radius 3 is 2.61 bits per heavy atom. The molecule has 9 heteroatoms. The summed E-state index contributed by atoms with van der Waals surface area (Å²) in [7, 11) is 0. The monoisotopic (exact) mass is 423 g/mol. The maximum absolute atomic E-state index is 12.3. The second-order valence-electron chi connectivity index (χ2n) is 6.49. The molecule has 0 radical (unpaired) electrons. The van der Waals surface area contributed by atoms with Crippen LogP contribution in [-0.4, -0.2) is 31.8 Å². The molecule has 148 valence electrons. The number of aromatic nitrogens is 3. The van der Waals surface area contributed by atoms with Crippen LogP contribution in [-0.2, 0) is 12.8 Å². The molecular formula is C19H19F2N3O2S2. The van der Waals surface area contributed by atoms with Gasteiger partial charge in [-0.15, -0.1) is 11.3 Å². The summed E-state index contributed by atoms with van der Waals surface area (Å²) in [6, 6.07) is 4.98. The quantitative estimate of drug-likeness (QED) is 0.471. The minimum Gasteiger partial charge on any atom is -0.478 e. The van der Waals surface area contributed by atoms with Crippen LogP contribution in [0.25, 0.3) is 10.2 Å². The molecule has 1 atom stereocenters. The first-order valence-electron chi connectivity index (χ1n) is 8.79. The van der Waals surface area contributed by atoms with Crippen molar-refractivity contribution in [2.45, 2.75) is 43.3 Å². The number of hydrogen-bond acceptors (Lipinski definition) is 6. The molecule has 0 amide bonds. The van der Waals surface area contributed by atoms with Crippen LogP contribution in [0.1, 0.15) is 41.0 Å². The first kappa shape index (κ1) is 20.6. The van der Waals surface area contributed by atoms with Gasteiger partial charge in [0.15, 0.2) is 0 Å². The molecule has 2 aromatic heterocycles. The van der Waals surface area contributed by atoms with E-state index in [0.717, 1.165) is 34.5 Å². The first-order chi connectivity index (χ1) is 13.4. The number of thiazole rings is 1. The Hall–Kier alpha value is -2.13. The van der Waals surface area contributed by atoms with Crippen LogP contribution < -0.4 is 0 Å². The van der Waals surface area contributed by atoms with E-state index in [1.807, 2.05) is 0 Å². The Balaban J connectivity index is 1.49. The lowest BCUT2D eigenvalue weighted by molar-refractivity contribution is 0.0697. The highest BCUT2D eigenvalue weighted by atomic mass is 32.2. The average molecular weight is 424 g/mol. The Morgan fingerprint density at radius 2 is 1.93 bits per heavy atom. The molecule has 0 spiro atoms. The van der Waals surface area contributed by atoms with Crippen molar-refractivity contribution in [2.75, 3.05) is 0 Å². The Kier molecular flexibility index (Phi) is 6.90. The fourth-order valence-electron chi connectivity index (χ4n) is 2.74. The van der Waals surface area contributed by atoms with Gasteiger partial charge in [-0.3, -0.25) is 0 Å². The van der Waals surface area contributed by atoms with Gasteiger partial charge in [-0.25, -0.2) is 19.7 Å². The summed E-state index contributed by atoms with van der Waals surface area (Å²) in [6.45, 7) is 2.15. The minimum absolute atomic E-state index is 0.272. The number of fused-ring (bicyclic) bond motifs is 1. The number of rotatable bonds is 9. The fraction of sp³-hybridized carbons (Fsp3) is 0.368.